The van der Waals surface area contributed by atoms with Crippen LogP contribution in [0, 0.1) is 10.1 Å². The second-order valence-corrected chi connectivity index (χ2v) is 3.93. The summed E-state index contributed by atoms with van der Waals surface area (Å²) in [5.74, 6) is -0.357. The van der Waals surface area contributed by atoms with Crippen molar-refractivity contribution in [1.29, 1.82) is 0 Å². The third-order valence-electron chi connectivity index (χ3n) is 2.64. The van der Waals surface area contributed by atoms with E-state index in [1.54, 1.807) is 25.4 Å². The van der Waals surface area contributed by atoms with Gasteiger partial charge in [0.05, 0.1) is 16.8 Å². The highest BCUT2D eigenvalue weighted by molar-refractivity contribution is 6.05. The number of benzene rings is 1. The first kappa shape index (κ1) is 13.5. The van der Waals surface area contributed by atoms with Crippen molar-refractivity contribution in [2.45, 2.75) is 0 Å². The minimum absolute atomic E-state index is 0.0783. The number of aromatic nitrogens is 1. The van der Waals surface area contributed by atoms with Gasteiger partial charge in [0.2, 0.25) is 0 Å². The zero-order valence-electron chi connectivity index (χ0n) is 10.7. The Morgan fingerprint density at radius 3 is 2.75 bits per heavy atom. The van der Waals surface area contributed by atoms with E-state index < -0.39 is 4.92 Å². The van der Waals surface area contributed by atoms with Crippen LogP contribution in [0.5, 0.6) is 0 Å². The van der Waals surface area contributed by atoms with Crippen molar-refractivity contribution in [3.8, 4) is 0 Å². The molecule has 102 valence electrons. The molecule has 20 heavy (non-hydrogen) atoms. The Morgan fingerprint density at radius 1 is 1.35 bits per heavy atom. The summed E-state index contributed by atoms with van der Waals surface area (Å²) in [5, 5.41) is 16.2. The lowest BCUT2D eigenvalue weighted by atomic mass is 10.1. The van der Waals surface area contributed by atoms with Crippen LogP contribution in [0.1, 0.15) is 10.4 Å². The fourth-order valence-corrected chi connectivity index (χ4v) is 1.68. The molecule has 0 unspecified atom stereocenters. The topological polar surface area (TPSA) is 97.2 Å². The normalized spacial score (nSPS) is 9.85. The molecule has 0 saturated carbocycles. The number of amides is 1. The van der Waals surface area contributed by atoms with Crippen molar-refractivity contribution in [3.63, 3.8) is 0 Å². The molecule has 0 radical (unpaired) electrons. The van der Waals surface area contributed by atoms with Gasteiger partial charge in [-0.3, -0.25) is 19.9 Å². The highest BCUT2D eigenvalue weighted by Gasteiger charge is 2.15. The number of nitro benzene ring substituents is 1. The van der Waals surface area contributed by atoms with Crippen LogP contribution in [0.25, 0.3) is 0 Å². The summed E-state index contributed by atoms with van der Waals surface area (Å²) in [6.45, 7) is 0. The van der Waals surface area contributed by atoms with Crippen molar-refractivity contribution in [1.82, 2.24) is 4.98 Å². The van der Waals surface area contributed by atoms with E-state index in [4.69, 9.17) is 0 Å². The number of carbonyl (C=O) groups excluding carboxylic acids is 1. The zero-order chi connectivity index (χ0) is 14.5. The first-order valence-corrected chi connectivity index (χ1v) is 5.79. The molecule has 0 fully saturated rings. The number of hydrogen-bond donors (Lipinski definition) is 2. The predicted molar refractivity (Wildman–Crippen MR) is 74.8 cm³/mol. The summed E-state index contributed by atoms with van der Waals surface area (Å²) >= 11 is 0. The van der Waals surface area contributed by atoms with E-state index >= 15 is 0 Å². The Kier molecular flexibility index (Phi) is 3.90. The fourth-order valence-electron chi connectivity index (χ4n) is 1.68. The Labute approximate surface area is 114 Å². The van der Waals surface area contributed by atoms with Crippen molar-refractivity contribution in [2.75, 3.05) is 17.7 Å². The highest BCUT2D eigenvalue weighted by Crippen LogP contribution is 2.25. The minimum atomic E-state index is -0.505. The molecule has 1 heterocycles. The molecule has 7 heteroatoms. The molecule has 0 aliphatic rings. The van der Waals surface area contributed by atoms with Gasteiger partial charge in [-0.2, -0.15) is 0 Å². The van der Waals surface area contributed by atoms with Gasteiger partial charge < -0.3 is 10.6 Å². The monoisotopic (exact) mass is 272 g/mol. The maximum Gasteiger partial charge on any atom is 0.292 e. The average molecular weight is 272 g/mol. The highest BCUT2D eigenvalue weighted by atomic mass is 16.6. The Morgan fingerprint density at radius 2 is 2.15 bits per heavy atom. The summed E-state index contributed by atoms with van der Waals surface area (Å²) in [5.41, 5.74) is 1.09. The van der Waals surface area contributed by atoms with E-state index in [1.807, 2.05) is 0 Å². The summed E-state index contributed by atoms with van der Waals surface area (Å²) in [6, 6.07) is 7.54. The molecule has 1 aromatic carbocycles. The van der Waals surface area contributed by atoms with Gasteiger partial charge in [0.25, 0.3) is 11.6 Å². The average Bonchev–Trinajstić information content (AvgIpc) is 2.47. The molecule has 1 aromatic heterocycles. The molecule has 2 aromatic rings. The molecule has 0 saturated heterocycles. The quantitative estimate of drug-likeness (QED) is 0.657. The maximum absolute atomic E-state index is 12.0. The van der Waals surface area contributed by atoms with E-state index in [2.05, 4.69) is 15.6 Å². The fraction of sp³-hybridized carbons (Fsp3) is 0.0769. The Hall–Kier alpha value is -2.96. The number of anilines is 2. The largest absolute Gasteiger partial charge is 0.383 e. The Balaban J connectivity index is 2.25. The third kappa shape index (κ3) is 2.89. The Bertz CT molecular complexity index is 643. The SMILES string of the molecule is CNc1cc(C(=O)Nc2cccnc2)ccc1[N+](=O)[O-]. The van der Waals surface area contributed by atoms with Crippen molar-refractivity contribution in [2.24, 2.45) is 0 Å². The number of pyridine rings is 1. The van der Waals surface area contributed by atoms with Gasteiger partial charge in [0.1, 0.15) is 5.69 Å². The van der Waals surface area contributed by atoms with Gasteiger partial charge in [0, 0.05) is 24.9 Å². The molecule has 1 amide bonds. The number of nitrogens with one attached hydrogen (secondary N) is 2. The number of carbonyl (C=O) groups is 1. The van der Waals surface area contributed by atoms with Gasteiger partial charge in [-0.05, 0) is 24.3 Å². The first-order valence-electron chi connectivity index (χ1n) is 5.79. The van der Waals surface area contributed by atoms with Gasteiger partial charge in [-0.25, -0.2) is 0 Å². The summed E-state index contributed by atoms with van der Waals surface area (Å²) in [7, 11) is 1.56. The number of nitrogens with zero attached hydrogens (tertiary/aromatic N) is 2. The molecule has 0 aliphatic heterocycles. The molecule has 0 bridgehead atoms. The van der Waals surface area contributed by atoms with Crippen LogP contribution in [0.4, 0.5) is 17.1 Å². The molecule has 0 aliphatic carbocycles. The van der Waals surface area contributed by atoms with E-state index in [9.17, 15) is 14.9 Å². The number of hydrogen-bond acceptors (Lipinski definition) is 5. The number of rotatable bonds is 4. The molecule has 7 nitrogen and oxygen atoms in total. The van der Waals surface area contributed by atoms with Crippen molar-refractivity contribution < 1.29 is 9.72 Å². The summed E-state index contributed by atoms with van der Waals surface area (Å²) in [6.07, 6.45) is 3.11. The standard InChI is InChI=1S/C13H12N4O3/c1-14-11-7-9(4-5-12(11)17(19)20)13(18)16-10-3-2-6-15-8-10/h2-8,14H,1H3,(H,16,18). The van der Waals surface area contributed by atoms with E-state index in [0.29, 0.717) is 11.3 Å². The second-order valence-electron chi connectivity index (χ2n) is 3.93. The van der Waals surface area contributed by atoms with Crippen LogP contribution in [-0.4, -0.2) is 22.9 Å². The van der Waals surface area contributed by atoms with Crippen molar-refractivity contribution >= 4 is 23.0 Å². The van der Waals surface area contributed by atoms with Gasteiger partial charge in [0.15, 0.2) is 0 Å². The van der Waals surface area contributed by atoms with Crippen LogP contribution in [0.15, 0.2) is 42.7 Å². The third-order valence-corrected chi connectivity index (χ3v) is 2.64. The molecule has 2 N–H and O–H groups in total. The van der Waals surface area contributed by atoms with E-state index in [-0.39, 0.29) is 17.3 Å². The molecule has 2 rings (SSSR count). The maximum atomic E-state index is 12.0. The molecule has 0 atom stereocenters. The second kappa shape index (κ2) is 5.79. The summed E-state index contributed by atoms with van der Waals surface area (Å²) in [4.78, 5) is 26.2. The van der Waals surface area contributed by atoms with E-state index in [0.717, 1.165) is 0 Å². The van der Waals surface area contributed by atoms with Gasteiger partial charge >= 0.3 is 0 Å². The van der Waals surface area contributed by atoms with Crippen LogP contribution < -0.4 is 10.6 Å². The molecular weight excluding hydrogens is 260 g/mol. The molecule has 0 spiro atoms. The minimum Gasteiger partial charge on any atom is -0.383 e. The summed E-state index contributed by atoms with van der Waals surface area (Å²) < 4.78 is 0. The van der Waals surface area contributed by atoms with E-state index in [1.165, 1.54) is 24.4 Å². The van der Waals surface area contributed by atoms with Crippen LogP contribution in [0.2, 0.25) is 0 Å². The first-order chi connectivity index (χ1) is 9.61. The zero-order valence-corrected chi connectivity index (χ0v) is 10.7. The van der Waals surface area contributed by atoms with Crippen LogP contribution in [0.3, 0.4) is 0 Å². The van der Waals surface area contributed by atoms with Crippen LogP contribution >= 0.6 is 0 Å². The van der Waals surface area contributed by atoms with Gasteiger partial charge in [-0.1, -0.05) is 0 Å². The lowest BCUT2D eigenvalue weighted by Crippen LogP contribution is -2.12. The lowest BCUT2D eigenvalue weighted by molar-refractivity contribution is -0.383. The van der Waals surface area contributed by atoms with Gasteiger partial charge in [-0.15, -0.1) is 0 Å². The predicted octanol–water partition coefficient (Wildman–Crippen LogP) is 2.28. The van der Waals surface area contributed by atoms with Crippen molar-refractivity contribution in [3.05, 3.63) is 58.4 Å². The lowest BCUT2D eigenvalue weighted by Gasteiger charge is -2.07. The molecular formula is C13H12N4O3. The number of nitro groups is 1. The smallest absolute Gasteiger partial charge is 0.292 e. The van der Waals surface area contributed by atoms with Crippen LogP contribution in [-0.2, 0) is 0 Å².